The number of piperidine rings is 1. The molecule has 1 aromatic carbocycles. The standard InChI is InChI=1S/C22H29N3O4/c26-19(14-24-13-17-5-4-10-22(17,15-24)21(28)29)25-11-8-16(9-12-25)20(27)23-18-6-2-1-3-7-18/h1-3,6-7,16-17H,4-5,8-15H2,(H,23,27)(H,28,29)/t17-,22+/m0/s1. The van der Waals surface area contributed by atoms with Gasteiger partial charge in [-0.25, -0.2) is 0 Å². The molecule has 2 N–H and O–H groups in total. The third kappa shape index (κ3) is 4.01. The van der Waals surface area contributed by atoms with Crippen LogP contribution in [0.4, 0.5) is 5.69 Å². The molecular weight excluding hydrogens is 370 g/mol. The zero-order chi connectivity index (χ0) is 20.4. The second-order valence-electron chi connectivity index (χ2n) is 8.73. The van der Waals surface area contributed by atoms with E-state index in [1.54, 1.807) is 0 Å². The van der Waals surface area contributed by atoms with Crippen LogP contribution >= 0.6 is 0 Å². The Bertz CT molecular complexity index is 776. The van der Waals surface area contributed by atoms with Crippen molar-refractivity contribution in [1.29, 1.82) is 0 Å². The summed E-state index contributed by atoms with van der Waals surface area (Å²) in [7, 11) is 0. The number of aliphatic carboxylic acids is 1. The van der Waals surface area contributed by atoms with Gasteiger partial charge in [0.2, 0.25) is 11.8 Å². The van der Waals surface area contributed by atoms with Gasteiger partial charge in [0.1, 0.15) is 0 Å². The molecule has 1 saturated carbocycles. The number of para-hydroxylation sites is 1. The van der Waals surface area contributed by atoms with Crippen LogP contribution in [0.15, 0.2) is 30.3 Å². The molecule has 0 bridgehead atoms. The number of fused-ring (bicyclic) bond motifs is 1. The van der Waals surface area contributed by atoms with Gasteiger partial charge in [-0.3, -0.25) is 19.3 Å². The first kappa shape index (κ1) is 19.9. The van der Waals surface area contributed by atoms with E-state index in [1.165, 1.54) is 0 Å². The molecular formula is C22H29N3O4. The lowest BCUT2D eigenvalue weighted by atomic mass is 9.81. The topological polar surface area (TPSA) is 90.0 Å². The molecule has 0 aromatic heterocycles. The van der Waals surface area contributed by atoms with E-state index in [1.807, 2.05) is 40.1 Å². The van der Waals surface area contributed by atoms with Gasteiger partial charge in [0.25, 0.3) is 0 Å². The second kappa shape index (κ2) is 8.14. The highest BCUT2D eigenvalue weighted by atomic mass is 16.4. The highest BCUT2D eigenvalue weighted by Crippen LogP contribution is 2.48. The van der Waals surface area contributed by atoms with E-state index in [9.17, 15) is 19.5 Å². The minimum Gasteiger partial charge on any atom is -0.481 e. The van der Waals surface area contributed by atoms with Crippen LogP contribution in [0.2, 0.25) is 0 Å². The molecule has 0 unspecified atom stereocenters. The molecule has 2 heterocycles. The predicted molar refractivity (Wildman–Crippen MR) is 108 cm³/mol. The van der Waals surface area contributed by atoms with E-state index < -0.39 is 11.4 Å². The number of carbonyl (C=O) groups excluding carboxylic acids is 2. The Balaban J connectivity index is 1.25. The van der Waals surface area contributed by atoms with Crippen molar-refractivity contribution in [3.63, 3.8) is 0 Å². The van der Waals surface area contributed by atoms with Gasteiger partial charge in [0.05, 0.1) is 12.0 Å². The molecule has 1 aromatic rings. The summed E-state index contributed by atoms with van der Waals surface area (Å²) in [6, 6.07) is 9.42. The van der Waals surface area contributed by atoms with Gasteiger partial charge in [-0.05, 0) is 43.7 Å². The number of nitrogens with zero attached hydrogens (tertiary/aromatic N) is 2. The molecule has 0 radical (unpaired) electrons. The summed E-state index contributed by atoms with van der Waals surface area (Å²) in [6.07, 6.45) is 3.95. The van der Waals surface area contributed by atoms with Crippen molar-refractivity contribution in [1.82, 2.24) is 9.80 Å². The fourth-order valence-corrected chi connectivity index (χ4v) is 5.31. The van der Waals surface area contributed by atoms with Crippen LogP contribution in [0.1, 0.15) is 32.1 Å². The summed E-state index contributed by atoms with van der Waals surface area (Å²) in [6.45, 7) is 2.62. The fourth-order valence-electron chi connectivity index (χ4n) is 5.31. The van der Waals surface area contributed by atoms with E-state index in [-0.39, 0.29) is 30.2 Å². The van der Waals surface area contributed by atoms with Gasteiger partial charge in [-0.15, -0.1) is 0 Å². The number of carboxylic acids is 1. The number of benzene rings is 1. The Morgan fingerprint density at radius 2 is 1.83 bits per heavy atom. The number of hydrogen-bond acceptors (Lipinski definition) is 4. The molecule has 3 aliphatic rings. The molecule has 1 aliphatic carbocycles. The largest absolute Gasteiger partial charge is 0.481 e. The first-order chi connectivity index (χ1) is 14.0. The Labute approximate surface area is 171 Å². The smallest absolute Gasteiger partial charge is 0.311 e. The maximum Gasteiger partial charge on any atom is 0.311 e. The Morgan fingerprint density at radius 3 is 2.48 bits per heavy atom. The van der Waals surface area contributed by atoms with Crippen molar-refractivity contribution in [2.45, 2.75) is 32.1 Å². The number of likely N-dealkylation sites (tertiary alicyclic amines) is 2. The predicted octanol–water partition coefficient (Wildman–Crippen LogP) is 2.05. The normalized spacial score (nSPS) is 27.6. The minimum atomic E-state index is -0.708. The van der Waals surface area contributed by atoms with Crippen LogP contribution in [0.5, 0.6) is 0 Å². The van der Waals surface area contributed by atoms with E-state index in [4.69, 9.17) is 0 Å². The zero-order valence-electron chi connectivity index (χ0n) is 16.7. The van der Waals surface area contributed by atoms with Crippen LogP contribution in [-0.2, 0) is 14.4 Å². The highest BCUT2D eigenvalue weighted by Gasteiger charge is 2.54. The quantitative estimate of drug-likeness (QED) is 0.791. The second-order valence-corrected chi connectivity index (χ2v) is 8.73. The fraction of sp³-hybridized carbons (Fsp3) is 0.591. The third-order valence-electron chi connectivity index (χ3n) is 6.99. The van der Waals surface area contributed by atoms with E-state index in [0.717, 1.165) is 24.9 Å². The Hall–Kier alpha value is -2.41. The average molecular weight is 399 g/mol. The van der Waals surface area contributed by atoms with Gasteiger partial charge in [0.15, 0.2) is 0 Å². The van der Waals surface area contributed by atoms with Gasteiger partial charge < -0.3 is 15.3 Å². The van der Waals surface area contributed by atoms with Crippen LogP contribution in [0.3, 0.4) is 0 Å². The van der Waals surface area contributed by atoms with Crippen molar-refractivity contribution >= 4 is 23.5 Å². The Kier molecular flexibility index (Phi) is 5.58. The minimum absolute atomic E-state index is 0.0130. The number of hydrogen-bond donors (Lipinski definition) is 2. The number of nitrogens with one attached hydrogen (secondary N) is 1. The van der Waals surface area contributed by atoms with E-state index in [0.29, 0.717) is 39.0 Å². The highest BCUT2D eigenvalue weighted by molar-refractivity contribution is 5.92. The van der Waals surface area contributed by atoms with E-state index >= 15 is 0 Å². The maximum absolute atomic E-state index is 12.8. The van der Waals surface area contributed by atoms with Gasteiger partial charge in [0, 0.05) is 37.8 Å². The molecule has 3 fully saturated rings. The molecule has 0 spiro atoms. The van der Waals surface area contributed by atoms with Crippen LogP contribution < -0.4 is 5.32 Å². The van der Waals surface area contributed by atoms with E-state index in [2.05, 4.69) is 5.32 Å². The zero-order valence-corrected chi connectivity index (χ0v) is 16.7. The molecule has 7 nitrogen and oxygen atoms in total. The van der Waals surface area contributed by atoms with Crippen molar-refractivity contribution in [2.75, 3.05) is 38.0 Å². The first-order valence-corrected chi connectivity index (χ1v) is 10.6. The molecule has 2 amide bonds. The maximum atomic E-state index is 12.8. The Morgan fingerprint density at radius 1 is 1.10 bits per heavy atom. The lowest BCUT2D eigenvalue weighted by molar-refractivity contribution is -0.149. The van der Waals surface area contributed by atoms with Crippen molar-refractivity contribution in [2.24, 2.45) is 17.3 Å². The third-order valence-corrected chi connectivity index (χ3v) is 6.99. The van der Waals surface area contributed by atoms with Gasteiger partial charge >= 0.3 is 5.97 Å². The number of amides is 2. The molecule has 2 aliphatic heterocycles. The summed E-state index contributed by atoms with van der Waals surface area (Å²) < 4.78 is 0. The summed E-state index contributed by atoms with van der Waals surface area (Å²) in [5, 5.41) is 12.6. The number of anilines is 1. The molecule has 4 rings (SSSR count). The van der Waals surface area contributed by atoms with Crippen molar-refractivity contribution < 1.29 is 19.5 Å². The van der Waals surface area contributed by atoms with Crippen molar-refractivity contribution in [3.8, 4) is 0 Å². The van der Waals surface area contributed by atoms with Gasteiger partial charge in [-0.2, -0.15) is 0 Å². The molecule has 2 saturated heterocycles. The van der Waals surface area contributed by atoms with Crippen LogP contribution in [0, 0.1) is 17.3 Å². The number of carboxylic acid groups (broad SMARTS) is 1. The summed E-state index contributed by atoms with van der Waals surface area (Å²) in [5.41, 5.74) is 0.144. The molecule has 156 valence electrons. The van der Waals surface area contributed by atoms with Gasteiger partial charge in [-0.1, -0.05) is 24.6 Å². The number of carbonyl (C=O) groups is 3. The summed E-state index contributed by atoms with van der Waals surface area (Å²) >= 11 is 0. The summed E-state index contributed by atoms with van der Waals surface area (Å²) in [5.74, 6) is -0.562. The van der Waals surface area contributed by atoms with Crippen LogP contribution in [0.25, 0.3) is 0 Å². The number of rotatable bonds is 5. The van der Waals surface area contributed by atoms with Crippen LogP contribution in [-0.4, -0.2) is 65.4 Å². The lowest BCUT2D eigenvalue weighted by Gasteiger charge is -2.32. The monoisotopic (exact) mass is 399 g/mol. The average Bonchev–Trinajstić information content (AvgIpc) is 3.27. The molecule has 7 heteroatoms. The molecule has 2 atom stereocenters. The SMILES string of the molecule is O=C(Nc1ccccc1)C1CCN(C(=O)CN2C[C@@H]3CCC[C@@]3(C(=O)O)C2)CC1. The summed E-state index contributed by atoms with van der Waals surface area (Å²) in [4.78, 5) is 40.9. The lowest BCUT2D eigenvalue weighted by Crippen LogP contribution is -2.46. The van der Waals surface area contributed by atoms with Crippen molar-refractivity contribution in [3.05, 3.63) is 30.3 Å². The molecule has 29 heavy (non-hydrogen) atoms. The first-order valence-electron chi connectivity index (χ1n) is 10.6.